The smallest absolute Gasteiger partial charge is 0.387 e. The Morgan fingerprint density at radius 1 is 1.32 bits per heavy atom. The molecule has 7 nitrogen and oxygen atoms in total. The van der Waals surface area contributed by atoms with Gasteiger partial charge in [0.2, 0.25) is 5.90 Å². The van der Waals surface area contributed by atoms with Crippen molar-refractivity contribution in [3.63, 3.8) is 0 Å². The highest BCUT2D eigenvalue weighted by Gasteiger charge is 2.26. The summed E-state index contributed by atoms with van der Waals surface area (Å²) in [7, 11) is 1.32. The Morgan fingerprint density at radius 3 is 2.89 bits per heavy atom. The molecule has 0 atom stereocenters. The zero-order valence-corrected chi connectivity index (χ0v) is 15.5. The van der Waals surface area contributed by atoms with Gasteiger partial charge >= 0.3 is 12.6 Å². The van der Waals surface area contributed by atoms with E-state index in [1.165, 1.54) is 36.6 Å². The van der Waals surface area contributed by atoms with E-state index in [9.17, 15) is 13.6 Å². The molecule has 4 rings (SSSR count). The first-order valence-electron chi connectivity index (χ1n) is 8.04. The molecule has 2 aromatic heterocycles. The number of halogens is 2. The fourth-order valence-electron chi connectivity index (χ4n) is 2.74. The number of imidazole rings is 1. The highest BCUT2D eigenvalue weighted by molar-refractivity contribution is 7.15. The van der Waals surface area contributed by atoms with E-state index >= 15 is 0 Å². The lowest BCUT2D eigenvalue weighted by Crippen LogP contribution is -2.07. The highest BCUT2D eigenvalue weighted by atomic mass is 32.1. The first-order chi connectivity index (χ1) is 13.5. The molecule has 3 aromatic rings. The third-order valence-electron chi connectivity index (χ3n) is 4.00. The molecule has 0 N–H and O–H groups in total. The summed E-state index contributed by atoms with van der Waals surface area (Å²) in [4.78, 5) is 21.7. The van der Waals surface area contributed by atoms with Crippen LogP contribution in [-0.4, -0.2) is 35.0 Å². The van der Waals surface area contributed by atoms with E-state index in [4.69, 9.17) is 9.47 Å². The van der Waals surface area contributed by atoms with Crippen LogP contribution in [0, 0.1) is 6.92 Å². The molecule has 144 valence electrons. The fraction of sp³-hybridized carbons (Fsp3) is 0.167. The normalized spacial score (nSPS) is 15.4. The highest BCUT2D eigenvalue weighted by Crippen LogP contribution is 2.31. The van der Waals surface area contributed by atoms with E-state index in [0.29, 0.717) is 5.56 Å². The van der Waals surface area contributed by atoms with Gasteiger partial charge in [0, 0.05) is 17.1 Å². The molecule has 0 bridgehead atoms. The van der Waals surface area contributed by atoms with Gasteiger partial charge in [-0.1, -0.05) is 0 Å². The number of esters is 1. The molecular formula is C18H13F2N3O4S. The van der Waals surface area contributed by atoms with Crippen molar-refractivity contribution in [3.05, 3.63) is 52.4 Å². The maximum Gasteiger partial charge on any atom is 0.387 e. The number of benzene rings is 1. The molecule has 0 fully saturated rings. The Morgan fingerprint density at radius 2 is 2.14 bits per heavy atom. The van der Waals surface area contributed by atoms with Gasteiger partial charge in [0.15, 0.2) is 22.2 Å². The van der Waals surface area contributed by atoms with Crippen LogP contribution in [0.5, 0.6) is 11.5 Å². The van der Waals surface area contributed by atoms with Crippen molar-refractivity contribution in [1.82, 2.24) is 9.38 Å². The van der Waals surface area contributed by atoms with Crippen LogP contribution >= 0.6 is 11.3 Å². The predicted molar refractivity (Wildman–Crippen MR) is 98.0 cm³/mol. The third kappa shape index (κ3) is 3.22. The standard InChI is InChI=1S/C18H13F2N3O4S/c1-9-12(23-5-6-28-18(23)21-9)8-11-16(24)27-15(22-11)10-3-4-13(26-17(19)20)14(7-10)25-2/h3-8,17H,1-2H3. The van der Waals surface area contributed by atoms with Crippen LogP contribution in [0.3, 0.4) is 0 Å². The van der Waals surface area contributed by atoms with E-state index in [1.54, 1.807) is 6.08 Å². The Bertz CT molecular complexity index is 1130. The van der Waals surface area contributed by atoms with E-state index in [1.807, 2.05) is 22.9 Å². The summed E-state index contributed by atoms with van der Waals surface area (Å²) in [6.45, 7) is -1.15. The summed E-state index contributed by atoms with van der Waals surface area (Å²) < 4.78 is 41.4. The number of ether oxygens (including phenoxy) is 3. The number of aryl methyl sites for hydroxylation is 1. The number of rotatable bonds is 5. The molecule has 10 heteroatoms. The van der Waals surface area contributed by atoms with E-state index in [2.05, 4.69) is 14.7 Å². The lowest BCUT2D eigenvalue weighted by atomic mass is 10.2. The van der Waals surface area contributed by atoms with Crippen molar-refractivity contribution in [1.29, 1.82) is 0 Å². The third-order valence-corrected chi connectivity index (χ3v) is 4.76. The number of alkyl halides is 2. The molecule has 3 heterocycles. The van der Waals surface area contributed by atoms with Crippen LogP contribution in [0.1, 0.15) is 17.0 Å². The Kier molecular flexibility index (Phi) is 4.55. The van der Waals surface area contributed by atoms with Gasteiger partial charge in [0.1, 0.15) is 0 Å². The summed E-state index contributed by atoms with van der Waals surface area (Å²) in [5, 5.41) is 1.89. The van der Waals surface area contributed by atoms with Crippen LogP contribution in [0.4, 0.5) is 8.78 Å². The van der Waals surface area contributed by atoms with Gasteiger partial charge in [0.05, 0.1) is 18.5 Å². The van der Waals surface area contributed by atoms with Crippen LogP contribution in [-0.2, 0) is 9.53 Å². The number of thiazole rings is 1. The first-order valence-corrected chi connectivity index (χ1v) is 8.92. The molecular weight excluding hydrogens is 392 g/mol. The molecule has 0 aliphatic carbocycles. The van der Waals surface area contributed by atoms with Crippen molar-refractivity contribution < 1.29 is 27.8 Å². The first kappa shape index (κ1) is 18.1. The molecule has 28 heavy (non-hydrogen) atoms. The van der Waals surface area contributed by atoms with Crippen molar-refractivity contribution in [3.8, 4) is 11.5 Å². The van der Waals surface area contributed by atoms with Crippen molar-refractivity contribution in [2.24, 2.45) is 4.99 Å². The monoisotopic (exact) mass is 405 g/mol. The molecule has 0 radical (unpaired) electrons. The number of carbonyl (C=O) groups excluding carboxylic acids is 1. The molecule has 0 spiro atoms. The minimum atomic E-state index is -2.98. The summed E-state index contributed by atoms with van der Waals surface area (Å²) in [5.41, 5.74) is 1.98. The van der Waals surface area contributed by atoms with Gasteiger partial charge in [-0.25, -0.2) is 14.8 Å². The number of aromatic nitrogens is 2. The fourth-order valence-corrected chi connectivity index (χ4v) is 3.51. The van der Waals surface area contributed by atoms with Crippen molar-refractivity contribution >= 4 is 34.2 Å². The summed E-state index contributed by atoms with van der Waals surface area (Å²) in [6, 6.07) is 4.17. The quantitative estimate of drug-likeness (QED) is 0.478. The van der Waals surface area contributed by atoms with Crippen molar-refractivity contribution in [2.45, 2.75) is 13.5 Å². The van der Waals surface area contributed by atoms with Crippen LogP contribution in [0.15, 0.2) is 40.5 Å². The van der Waals surface area contributed by atoms with Gasteiger partial charge in [-0.3, -0.25) is 4.40 Å². The molecule has 1 aliphatic rings. The molecule has 0 saturated heterocycles. The molecule has 1 aromatic carbocycles. The number of aliphatic imine (C=N–C) groups is 1. The Balaban J connectivity index is 1.69. The number of hydrogen-bond acceptors (Lipinski definition) is 7. The largest absolute Gasteiger partial charge is 0.493 e. The average molecular weight is 405 g/mol. The van der Waals surface area contributed by atoms with Gasteiger partial charge < -0.3 is 14.2 Å². The van der Waals surface area contributed by atoms with E-state index in [-0.39, 0.29) is 23.1 Å². The summed E-state index contributed by atoms with van der Waals surface area (Å²) in [6.07, 6.45) is 3.45. The molecule has 0 saturated carbocycles. The number of carbonyl (C=O) groups is 1. The lowest BCUT2D eigenvalue weighted by Gasteiger charge is -2.10. The minimum absolute atomic E-state index is 0.0434. The van der Waals surface area contributed by atoms with E-state index in [0.717, 1.165) is 16.3 Å². The lowest BCUT2D eigenvalue weighted by molar-refractivity contribution is -0.129. The van der Waals surface area contributed by atoms with Crippen LogP contribution in [0.2, 0.25) is 0 Å². The van der Waals surface area contributed by atoms with Crippen LogP contribution in [0.25, 0.3) is 11.0 Å². The Hall–Kier alpha value is -3.27. The average Bonchev–Trinajstić information content (AvgIpc) is 3.32. The maximum atomic E-state index is 12.5. The summed E-state index contributed by atoms with van der Waals surface area (Å²) in [5.74, 6) is -0.634. The van der Waals surface area contributed by atoms with Crippen LogP contribution < -0.4 is 9.47 Å². The molecule has 1 aliphatic heterocycles. The second kappa shape index (κ2) is 7.04. The predicted octanol–water partition coefficient (Wildman–Crippen LogP) is 3.66. The second-order valence-electron chi connectivity index (χ2n) is 5.72. The minimum Gasteiger partial charge on any atom is -0.493 e. The van der Waals surface area contributed by atoms with E-state index < -0.39 is 12.6 Å². The van der Waals surface area contributed by atoms with Gasteiger partial charge in [-0.15, -0.1) is 11.3 Å². The zero-order valence-electron chi connectivity index (χ0n) is 14.7. The number of cyclic esters (lactones) is 1. The number of nitrogens with zero attached hydrogens (tertiary/aromatic N) is 3. The molecule has 0 amide bonds. The van der Waals surface area contributed by atoms with Gasteiger partial charge in [-0.2, -0.15) is 8.78 Å². The zero-order chi connectivity index (χ0) is 19.8. The van der Waals surface area contributed by atoms with Gasteiger partial charge in [0.25, 0.3) is 0 Å². The topological polar surface area (TPSA) is 74.4 Å². The molecule has 0 unspecified atom stereocenters. The summed E-state index contributed by atoms with van der Waals surface area (Å²) >= 11 is 1.48. The maximum absolute atomic E-state index is 12.5. The second-order valence-corrected chi connectivity index (χ2v) is 6.59. The number of fused-ring (bicyclic) bond motifs is 1. The van der Waals surface area contributed by atoms with Crippen molar-refractivity contribution in [2.75, 3.05) is 7.11 Å². The number of hydrogen-bond donors (Lipinski definition) is 0. The number of methoxy groups -OCH3 is 1. The van der Waals surface area contributed by atoms with Gasteiger partial charge in [-0.05, 0) is 31.2 Å². The Labute approximate surface area is 161 Å². The SMILES string of the molecule is COc1cc(C2=NC(=Cc3c(C)nc4sccn34)C(=O)O2)ccc1OC(F)F.